The van der Waals surface area contributed by atoms with E-state index in [0.29, 0.717) is 18.0 Å². The third-order valence-corrected chi connectivity index (χ3v) is 3.12. The van der Waals surface area contributed by atoms with E-state index < -0.39 is 5.97 Å². The molecule has 0 fully saturated rings. The highest BCUT2D eigenvalue weighted by molar-refractivity contribution is 6.32. The average Bonchev–Trinajstić information content (AvgIpc) is 2.34. The predicted octanol–water partition coefficient (Wildman–Crippen LogP) is 2.60. The van der Waals surface area contributed by atoms with Gasteiger partial charge in [-0.05, 0) is 30.4 Å². The molecule has 0 aliphatic rings. The molecule has 1 rings (SSSR count). The van der Waals surface area contributed by atoms with Crippen molar-refractivity contribution < 1.29 is 14.7 Å². The fraction of sp³-hybridized carbons (Fsp3) is 0.500. The van der Waals surface area contributed by atoms with Crippen LogP contribution < -0.4 is 5.32 Å². The average molecular weight is 299 g/mol. The van der Waals surface area contributed by atoms with E-state index in [-0.39, 0.29) is 23.4 Å². The van der Waals surface area contributed by atoms with Gasteiger partial charge in [0.1, 0.15) is 5.15 Å². The van der Waals surface area contributed by atoms with Gasteiger partial charge < -0.3 is 10.4 Å². The normalized spacial score (nSPS) is 12.2. The molecule has 1 aromatic heterocycles. The maximum absolute atomic E-state index is 12.0. The first kappa shape index (κ1) is 16.4. The van der Waals surface area contributed by atoms with E-state index in [1.807, 2.05) is 13.8 Å². The molecule has 5 nitrogen and oxygen atoms in total. The highest BCUT2D eigenvalue weighted by atomic mass is 35.5. The number of carboxylic acids is 1. The minimum atomic E-state index is -0.857. The van der Waals surface area contributed by atoms with Crippen molar-refractivity contribution in [3.63, 3.8) is 0 Å². The molecule has 1 atom stereocenters. The maximum atomic E-state index is 12.0. The zero-order valence-corrected chi connectivity index (χ0v) is 12.4. The molecular formula is C14H19ClN2O3. The first-order valence-electron chi connectivity index (χ1n) is 6.50. The van der Waals surface area contributed by atoms with E-state index in [1.54, 1.807) is 12.1 Å². The Labute approximate surface area is 123 Å². The van der Waals surface area contributed by atoms with E-state index in [4.69, 9.17) is 16.7 Å². The van der Waals surface area contributed by atoms with Gasteiger partial charge in [0.05, 0.1) is 5.56 Å². The summed E-state index contributed by atoms with van der Waals surface area (Å²) in [5, 5.41) is 11.7. The van der Waals surface area contributed by atoms with Gasteiger partial charge in [-0.25, -0.2) is 4.98 Å². The summed E-state index contributed by atoms with van der Waals surface area (Å²) in [4.78, 5) is 26.6. The number of carbonyl (C=O) groups is 2. The number of halogens is 1. The van der Waals surface area contributed by atoms with Gasteiger partial charge in [-0.3, -0.25) is 9.59 Å². The number of nitrogens with one attached hydrogen (secondary N) is 1. The number of rotatable bonds is 7. The predicted molar refractivity (Wildman–Crippen MR) is 76.8 cm³/mol. The standard InChI is InChI=1S/C14H19ClN2O3/c1-9(2)6-10(7-12(18)19)8-17-14(20)11-4-3-5-16-13(11)15/h3-5,9-10H,6-8H2,1-2H3,(H,17,20)(H,18,19)/t10-/m0/s1. The summed E-state index contributed by atoms with van der Waals surface area (Å²) in [6.45, 7) is 4.36. The molecule has 0 unspecified atom stereocenters. The number of pyridine rings is 1. The monoisotopic (exact) mass is 298 g/mol. The van der Waals surface area contributed by atoms with Crippen LogP contribution in [-0.2, 0) is 4.79 Å². The topological polar surface area (TPSA) is 79.3 Å². The van der Waals surface area contributed by atoms with E-state index in [0.717, 1.165) is 6.42 Å². The molecule has 0 radical (unpaired) electrons. The van der Waals surface area contributed by atoms with Crippen molar-refractivity contribution in [2.24, 2.45) is 11.8 Å². The Balaban J connectivity index is 2.60. The molecule has 1 heterocycles. The molecule has 20 heavy (non-hydrogen) atoms. The van der Waals surface area contributed by atoms with Crippen molar-refractivity contribution in [3.8, 4) is 0 Å². The molecule has 0 bridgehead atoms. The molecule has 0 aliphatic heterocycles. The lowest BCUT2D eigenvalue weighted by Gasteiger charge is -2.17. The summed E-state index contributed by atoms with van der Waals surface area (Å²) in [7, 11) is 0. The van der Waals surface area contributed by atoms with Crippen LogP contribution in [0.2, 0.25) is 5.15 Å². The fourth-order valence-corrected chi connectivity index (χ4v) is 2.25. The highest BCUT2D eigenvalue weighted by Gasteiger charge is 2.17. The van der Waals surface area contributed by atoms with Crippen LogP contribution in [-0.4, -0.2) is 28.5 Å². The summed E-state index contributed by atoms with van der Waals surface area (Å²) in [5.41, 5.74) is 0.299. The highest BCUT2D eigenvalue weighted by Crippen LogP contribution is 2.16. The van der Waals surface area contributed by atoms with Crippen LogP contribution in [0.4, 0.5) is 0 Å². The SMILES string of the molecule is CC(C)C[C@H](CNC(=O)c1cccnc1Cl)CC(=O)O. The van der Waals surface area contributed by atoms with Gasteiger partial charge in [-0.2, -0.15) is 0 Å². The molecule has 0 aromatic carbocycles. The second kappa shape index (κ2) is 7.85. The number of hydrogen-bond donors (Lipinski definition) is 2. The second-order valence-electron chi connectivity index (χ2n) is 5.15. The molecule has 0 spiro atoms. The molecule has 6 heteroatoms. The smallest absolute Gasteiger partial charge is 0.303 e. The second-order valence-corrected chi connectivity index (χ2v) is 5.50. The lowest BCUT2D eigenvalue weighted by Crippen LogP contribution is -2.31. The zero-order chi connectivity index (χ0) is 15.1. The Morgan fingerprint density at radius 2 is 2.15 bits per heavy atom. The molecule has 2 N–H and O–H groups in total. The first-order valence-corrected chi connectivity index (χ1v) is 6.88. The molecule has 1 amide bonds. The zero-order valence-electron chi connectivity index (χ0n) is 11.6. The van der Waals surface area contributed by atoms with Crippen molar-refractivity contribution in [2.45, 2.75) is 26.7 Å². The van der Waals surface area contributed by atoms with Crippen LogP contribution in [0.15, 0.2) is 18.3 Å². The molecule has 110 valence electrons. The fourth-order valence-electron chi connectivity index (χ4n) is 2.04. The van der Waals surface area contributed by atoms with Crippen molar-refractivity contribution in [2.75, 3.05) is 6.54 Å². The number of carbonyl (C=O) groups excluding carboxylic acids is 1. The Morgan fingerprint density at radius 3 is 2.70 bits per heavy atom. The molecule has 1 aromatic rings. The van der Waals surface area contributed by atoms with Gasteiger partial charge in [-0.15, -0.1) is 0 Å². The first-order chi connectivity index (χ1) is 9.40. The molecule has 0 saturated heterocycles. The van der Waals surface area contributed by atoms with Crippen molar-refractivity contribution in [1.82, 2.24) is 10.3 Å². The van der Waals surface area contributed by atoms with Gasteiger partial charge in [0.2, 0.25) is 0 Å². The quantitative estimate of drug-likeness (QED) is 0.758. The van der Waals surface area contributed by atoms with Crippen molar-refractivity contribution in [3.05, 3.63) is 29.0 Å². The number of amides is 1. The number of nitrogens with zero attached hydrogens (tertiary/aromatic N) is 1. The largest absolute Gasteiger partial charge is 0.481 e. The van der Waals surface area contributed by atoms with Crippen LogP contribution in [0.25, 0.3) is 0 Å². The lowest BCUT2D eigenvalue weighted by atomic mass is 9.94. The minimum Gasteiger partial charge on any atom is -0.481 e. The summed E-state index contributed by atoms with van der Waals surface area (Å²) < 4.78 is 0. The van der Waals surface area contributed by atoms with Crippen LogP contribution in [0.5, 0.6) is 0 Å². The minimum absolute atomic E-state index is 0.0409. The van der Waals surface area contributed by atoms with Crippen LogP contribution in [0, 0.1) is 11.8 Å². The number of carboxylic acid groups (broad SMARTS) is 1. The van der Waals surface area contributed by atoms with Crippen molar-refractivity contribution >= 4 is 23.5 Å². The van der Waals surface area contributed by atoms with Crippen LogP contribution in [0.3, 0.4) is 0 Å². The van der Waals surface area contributed by atoms with Crippen molar-refractivity contribution in [1.29, 1.82) is 0 Å². The number of aromatic nitrogens is 1. The van der Waals surface area contributed by atoms with Gasteiger partial charge in [0.25, 0.3) is 5.91 Å². The van der Waals surface area contributed by atoms with Crippen LogP contribution >= 0.6 is 11.6 Å². The van der Waals surface area contributed by atoms with E-state index in [2.05, 4.69) is 10.3 Å². The number of hydrogen-bond acceptors (Lipinski definition) is 3. The Hall–Kier alpha value is -1.62. The Kier molecular flexibility index (Phi) is 6.45. The summed E-state index contributed by atoms with van der Waals surface area (Å²) >= 11 is 5.84. The number of aliphatic carboxylic acids is 1. The van der Waals surface area contributed by atoms with Gasteiger partial charge in [0.15, 0.2) is 0 Å². The summed E-state index contributed by atoms with van der Waals surface area (Å²) in [6.07, 6.45) is 2.29. The summed E-state index contributed by atoms with van der Waals surface area (Å²) in [6, 6.07) is 3.21. The molecular weight excluding hydrogens is 280 g/mol. The van der Waals surface area contributed by atoms with E-state index >= 15 is 0 Å². The molecule has 0 saturated carbocycles. The Bertz CT molecular complexity index is 477. The third-order valence-electron chi connectivity index (χ3n) is 2.82. The van der Waals surface area contributed by atoms with E-state index in [1.165, 1.54) is 6.20 Å². The van der Waals surface area contributed by atoms with Gasteiger partial charge >= 0.3 is 5.97 Å². The van der Waals surface area contributed by atoms with Gasteiger partial charge in [-0.1, -0.05) is 25.4 Å². The Morgan fingerprint density at radius 1 is 1.45 bits per heavy atom. The van der Waals surface area contributed by atoms with E-state index in [9.17, 15) is 9.59 Å². The third kappa shape index (κ3) is 5.57. The van der Waals surface area contributed by atoms with Crippen LogP contribution in [0.1, 0.15) is 37.0 Å². The lowest BCUT2D eigenvalue weighted by molar-refractivity contribution is -0.138. The maximum Gasteiger partial charge on any atom is 0.303 e. The van der Waals surface area contributed by atoms with Gasteiger partial charge in [0, 0.05) is 19.2 Å². The summed E-state index contributed by atoms with van der Waals surface area (Å²) in [5.74, 6) is -0.906. The molecule has 0 aliphatic carbocycles.